The lowest BCUT2D eigenvalue weighted by molar-refractivity contribution is 1.30. The minimum atomic E-state index is 1.13. The number of hydrogen-bond donors (Lipinski definition) is 0. The predicted octanol–water partition coefficient (Wildman–Crippen LogP) is 13.7. The van der Waals surface area contributed by atoms with Crippen LogP contribution in [0.2, 0.25) is 0 Å². The van der Waals surface area contributed by atoms with E-state index in [1.165, 1.54) is 70.0 Å². The van der Waals surface area contributed by atoms with Gasteiger partial charge in [0.25, 0.3) is 0 Å². The molecule has 48 heavy (non-hydrogen) atoms. The number of fused-ring (bicyclic) bond motifs is 4. The van der Waals surface area contributed by atoms with E-state index in [0.717, 1.165) is 11.4 Å². The molecule has 9 rings (SSSR count). The van der Waals surface area contributed by atoms with Crippen LogP contribution >= 0.6 is 11.3 Å². The summed E-state index contributed by atoms with van der Waals surface area (Å²) < 4.78 is 2.60. The summed E-state index contributed by atoms with van der Waals surface area (Å²) in [5.74, 6) is 0. The van der Waals surface area contributed by atoms with Crippen molar-refractivity contribution in [3.8, 4) is 33.4 Å². The average molecular weight is 630 g/mol. The van der Waals surface area contributed by atoms with Crippen molar-refractivity contribution >= 4 is 59.3 Å². The van der Waals surface area contributed by atoms with Gasteiger partial charge in [-0.05, 0) is 86.6 Å². The van der Waals surface area contributed by atoms with E-state index in [9.17, 15) is 0 Å². The first kappa shape index (κ1) is 28.3. The smallest absolute Gasteiger partial charge is 0.0640 e. The molecule has 1 nitrogen and oxygen atoms in total. The predicted molar refractivity (Wildman–Crippen MR) is 208 cm³/mol. The monoisotopic (exact) mass is 629 g/mol. The number of thiophene rings is 1. The lowest BCUT2D eigenvalue weighted by Gasteiger charge is -2.26. The van der Waals surface area contributed by atoms with Gasteiger partial charge in [-0.25, -0.2) is 0 Å². The van der Waals surface area contributed by atoms with Crippen molar-refractivity contribution in [1.82, 2.24) is 0 Å². The van der Waals surface area contributed by atoms with Gasteiger partial charge in [-0.1, -0.05) is 146 Å². The molecule has 0 bridgehead atoms. The molecule has 226 valence electrons. The van der Waals surface area contributed by atoms with Crippen molar-refractivity contribution in [3.05, 3.63) is 188 Å². The Kier molecular flexibility index (Phi) is 7.07. The molecule has 0 aliphatic heterocycles. The maximum Gasteiger partial charge on any atom is 0.0640 e. The summed E-state index contributed by atoms with van der Waals surface area (Å²) in [7, 11) is 0. The molecule has 0 amide bonds. The number of nitrogens with zero attached hydrogens (tertiary/aromatic N) is 1. The van der Waals surface area contributed by atoms with Crippen LogP contribution in [0, 0.1) is 0 Å². The first-order valence-electron chi connectivity index (χ1n) is 16.3. The number of anilines is 3. The third kappa shape index (κ3) is 5.04. The standard InChI is InChI=1S/C46H31NS/c1-2-11-32(12-3-1)33-23-27-38(28-24-33)47(44-21-10-20-43-42-18-6-7-22-45(42)48-46(43)44)39-29-25-34(26-30-39)36-15-8-16-37(31-36)41-19-9-14-35-13-4-5-17-40(35)41/h1-31H. The fourth-order valence-electron chi connectivity index (χ4n) is 6.92. The third-order valence-corrected chi connectivity index (χ3v) is 10.5. The zero-order valence-corrected chi connectivity index (χ0v) is 27.1. The van der Waals surface area contributed by atoms with Gasteiger partial charge in [0, 0.05) is 26.8 Å². The van der Waals surface area contributed by atoms with Crippen LogP contribution in [0.1, 0.15) is 0 Å². The Hall–Kier alpha value is -5.96. The molecule has 0 aliphatic carbocycles. The fraction of sp³-hybridized carbons (Fsp3) is 0. The van der Waals surface area contributed by atoms with Crippen LogP contribution < -0.4 is 4.90 Å². The van der Waals surface area contributed by atoms with Gasteiger partial charge in [0.05, 0.1) is 10.4 Å². The first-order chi connectivity index (χ1) is 23.8. The topological polar surface area (TPSA) is 3.24 Å². The molecule has 8 aromatic carbocycles. The van der Waals surface area contributed by atoms with Crippen LogP contribution in [-0.4, -0.2) is 0 Å². The van der Waals surface area contributed by atoms with Crippen molar-refractivity contribution in [2.24, 2.45) is 0 Å². The average Bonchev–Trinajstić information content (AvgIpc) is 3.55. The molecule has 9 aromatic rings. The second-order valence-electron chi connectivity index (χ2n) is 12.2. The molecule has 1 heterocycles. The summed E-state index contributed by atoms with van der Waals surface area (Å²) in [5, 5.41) is 5.13. The lowest BCUT2D eigenvalue weighted by Crippen LogP contribution is -2.10. The molecule has 0 aliphatic rings. The van der Waals surface area contributed by atoms with Gasteiger partial charge in [-0.3, -0.25) is 0 Å². The van der Waals surface area contributed by atoms with E-state index in [1.54, 1.807) is 0 Å². The van der Waals surface area contributed by atoms with Crippen molar-refractivity contribution in [2.45, 2.75) is 0 Å². The summed E-state index contributed by atoms with van der Waals surface area (Å²) in [6.07, 6.45) is 0. The molecule has 0 saturated heterocycles. The zero-order valence-electron chi connectivity index (χ0n) is 26.3. The van der Waals surface area contributed by atoms with E-state index in [1.807, 2.05) is 11.3 Å². The summed E-state index contributed by atoms with van der Waals surface area (Å²) in [6, 6.07) is 68.1. The number of hydrogen-bond acceptors (Lipinski definition) is 2. The highest BCUT2D eigenvalue weighted by Gasteiger charge is 2.18. The largest absolute Gasteiger partial charge is 0.309 e. The van der Waals surface area contributed by atoms with Gasteiger partial charge in [0.2, 0.25) is 0 Å². The minimum Gasteiger partial charge on any atom is -0.309 e. The van der Waals surface area contributed by atoms with Crippen molar-refractivity contribution in [2.75, 3.05) is 4.90 Å². The van der Waals surface area contributed by atoms with Gasteiger partial charge >= 0.3 is 0 Å². The van der Waals surface area contributed by atoms with Crippen LogP contribution in [0.5, 0.6) is 0 Å². The Bertz CT molecular complexity index is 2540. The van der Waals surface area contributed by atoms with Crippen LogP contribution in [0.15, 0.2) is 188 Å². The number of benzene rings is 8. The molecular weight excluding hydrogens is 599 g/mol. The second kappa shape index (κ2) is 12.0. The molecule has 0 spiro atoms. The molecule has 0 fully saturated rings. The van der Waals surface area contributed by atoms with Crippen molar-refractivity contribution in [1.29, 1.82) is 0 Å². The van der Waals surface area contributed by atoms with E-state index in [4.69, 9.17) is 0 Å². The van der Waals surface area contributed by atoms with E-state index in [-0.39, 0.29) is 0 Å². The minimum absolute atomic E-state index is 1.13. The van der Waals surface area contributed by atoms with Gasteiger partial charge < -0.3 is 4.90 Å². The molecule has 0 N–H and O–H groups in total. The third-order valence-electron chi connectivity index (χ3n) is 9.28. The lowest BCUT2D eigenvalue weighted by atomic mass is 9.95. The van der Waals surface area contributed by atoms with Crippen LogP contribution in [0.25, 0.3) is 64.3 Å². The molecule has 2 heteroatoms. The van der Waals surface area contributed by atoms with Crippen LogP contribution in [0.3, 0.4) is 0 Å². The molecule has 0 saturated carbocycles. The summed E-state index contributed by atoms with van der Waals surface area (Å²) in [4.78, 5) is 2.41. The van der Waals surface area contributed by atoms with Gasteiger partial charge in [0.15, 0.2) is 0 Å². The maximum atomic E-state index is 2.41. The Morgan fingerprint density at radius 1 is 0.354 bits per heavy atom. The normalized spacial score (nSPS) is 11.3. The molecule has 1 aromatic heterocycles. The van der Waals surface area contributed by atoms with Gasteiger partial charge in [-0.2, -0.15) is 0 Å². The van der Waals surface area contributed by atoms with E-state index in [0.29, 0.717) is 0 Å². The zero-order chi connectivity index (χ0) is 31.9. The Balaban J connectivity index is 1.14. The Morgan fingerprint density at radius 3 is 1.69 bits per heavy atom. The highest BCUT2D eigenvalue weighted by atomic mass is 32.1. The van der Waals surface area contributed by atoms with Gasteiger partial charge in [-0.15, -0.1) is 11.3 Å². The summed E-state index contributed by atoms with van der Waals surface area (Å²) in [6.45, 7) is 0. The summed E-state index contributed by atoms with van der Waals surface area (Å²) in [5.41, 5.74) is 10.8. The maximum absolute atomic E-state index is 2.41. The molecule has 0 atom stereocenters. The Labute approximate surface area is 284 Å². The SMILES string of the molecule is c1ccc(-c2ccc(N(c3ccc(-c4cccc(-c5cccc6ccccc56)c4)cc3)c3cccc4c3sc3ccccc34)cc2)cc1. The first-order valence-corrected chi connectivity index (χ1v) is 17.2. The van der Waals surface area contributed by atoms with Crippen LogP contribution in [0.4, 0.5) is 17.1 Å². The second-order valence-corrected chi connectivity index (χ2v) is 13.2. The fourth-order valence-corrected chi connectivity index (χ4v) is 8.12. The quantitative estimate of drug-likeness (QED) is 0.177. The molecule has 0 unspecified atom stereocenters. The van der Waals surface area contributed by atoms with E-state index in [2.05, 4.69) is 193 Å². The van der Waals surface area contributed by atoms with E-state index < -0.39 is 0 Å². The van der Waals surface area contributed by atoms with Crippen LogP contribution in [-0.2, 0) is 0 Å². The highest BCUT2D eigenvalue weighted by Crippen LogP contribution is 2.45. The van der Waals surface area contributed by atoms with Crippen molar-refractivity contribution < 1.29 is 0 Å². The van der Waals surface area contributed by atoms with E-state index >= 15 is 0 Å². The van der Waals surface area contributed by atoms with Crippen molar-refractivity contribution in [3.63, 3.8) is 0 Å². The molecule has 0 radical (unpaired) electrons. The highest BCUT2D eigenvalue weighted by molar-refractivity contribution is 7.26. The molecular formula is C46H31NS. The van der Waals surface area contributed by atoms with Gasteiger partial charge in [0.1, 0.15) is 0 Å². The Morgan fingerprint density at radius 2 is 0.896 bits per heavy atom. The summed E-state index contributed by atoms with van der Waals surface area (Å²) >= 11 is 1.86. The number of rotatable bonds is 6.